The number of aromatic nitrogens is 2. The Kier molecular flexibility index (Phi) is 3.58. The van der Waals surface area contributed by atoms with E-state index in [9.17, 15) is 9.59 Å². The first-order valence-corrected chi connectivity index (χ1v) is 8.10. The van der Waals surface area contributed by atoms with Gasteiger partial charge in [-0.25, -0.2) is 4.98 Å². The molecule has 3 aromatic rings. The van der Waals surface area contributed by atoms with Gasteiger partial charge in [0.15, 0.2) is 0 Å². The zero-order chi connectivity index (χ0) is 16.7. The molecule has 0 unspecified atom stereocenters. The van der Waals surface area contributed by atoms with Gasteiger partial charge in [-0.15, -0.1) is 0 Å². The Labute approximate surface area is 142 Å². The number of rotatable bonds is 2. The maximum absolute atomic E-state index is 12.4. The van der Waals surface area contributed by atoms with Gasteiger partial charge in [-0.1, -0.05) is 17.7 Å². The van der Waals surface area contributed by atoms with Crippen LogP contribution in [-0.2, 0) is 13.0 Å². The van der Waals surface area contributed by atoms with Crippen LogP contribution in [-0.4, -0.2) is 15.5 Å². The minimum Gasteiger partial charge on any atom is -0.322 e. The number of nitrogens with one attached hydrogen (secondary N) is 1. The Bertz CT molecular complexity index is 1030. The SMILES string of the molecule is O=C(Nc1cccc(Cl)c1)c1ccc2c(=O)n3c(nc2c1)CCC3. The van der Waals surface area contributed by atoms with Crippen molar-refractivity contribution in [2.24, 2.45) is 0 Å². The maximum Gasteiger partial charge on any atom is 0.261 e. The van der Waals surface area contributed by atoms with E-state index in [-0.39, 0.29) is 11.5 Å². The molecule has 0 fully saturated rings. The molecule has 0 radical (unpaired) electrons. The van der Waals surface area contributed by atoms with Gasteiger partial charge in [-0.3, -0.25) is 14.2 Å². The van der Waals surface area contributed by atoms with Crippen LogP contribution >= 0.6 is 11.6 Å². The van der Waals surface area contributed by atoms with E-state index < -0.39 is 0 Å². The van der Waals surface area contributed by atoms with Crippen LogP contribution in [0.3, 0.4) is 0 Å². The fourth-order valence-electron chi connectivity index (χ4n) is 2.99. The molecule has 1 aromatic heterocycles. The van der Waals surface area contributed by atoms with Crippen LogP contribution < -0.4 is 10.9 Å². The molecule has 1 aliphatic rings. The molecular formula is C18H14ClN3O2. The first-order valence-electron chi connectivity index (χ1n) is 7.72. The van der Waals surface area contributed by atoms with Crippen LogP contribution in [0.25, 0.3) is 10.9 Å². The second-order valence-corrected chi connectivity index (χ2v) is 6.22. The molecule has 0 aliphatic carbocycles. The topological polar surface area (TPSA) is 64.0 Å². The molecular weight excluding hydrogens is 326 g/mol. The summed E-state index contributed by atoms with van der Waals surface area (Å²) in [5.41, 5.74) is 1.60. The minimum atomic E-state index is -0.262. The van der Waals surface area contributed by atoms with Crippen molar-refractivity contribution in [1.29, 1.82) is 0 Å². The van der Waals surface area contributed by atoms with Gasteiger partial charge in [-0.2, -0.15) is 0 Å². The number of amides is 1. The molecule has 1 amide bonds. The summed E-state index contributed by atoms with van der Waals surface area (Å²) in [6, 6.07) is 11.9. The van der Waals surface area contributed by atoms with E-state index in [1.807, 2.05) is 0 Å². The lowest BCUT2D eigenvalue weighted by Crippen LogP contribution is -2.21. The largest absolute Gasteiger partial charge is 0.322 e. The Hall–Kier alpha value is -2.66. The van der Waals surface area contributed by atoms with Crippen molar-refractivity contribution in [1.82, 2.24) is 9.55 Å². The third-order valence-corrected chi connectivity index (χ3v) is 4.40. The number of carbonyl (C=O) groups is 1. The van der Waals surface area contributed by atoms with Crippen molar-refractivity contribution in [2.75, 3.05) is 5.32 Å². The third kappa shape index (κ3) is 2.57. The molecule has 0 atom stereocenters. The highest BCUT2D eigenvalue weighted by Gasteiger charge is 2.17. The summed E-state index contributed by atoms with van der Waals surface area (Å²) in [7, 11) is 0. The summed E-state index contributed by atoms with van der Waals surface area (Å²) in [6.45, 7) is 0.716. The van der Waals surface area contributed by atoms with Crippen molar-refractivity contribution < 1.29 is 4.79 Å². The van der Waals surface area contributed by atoms with Gasteiger partial charge < -0.3 is 5.32 Å². The van der Waals surface area contributed by atoms with Crippen molar-refractivity contribution >= 4 is 34.1 Å². The van der Waals surface area contributed by atoms with E-state index in [0.29, 0.717) is 33.7 Å². The van der Waals surface area contributed by atoms with Gasteiger partial charge in [0.1, 0.15) is 5.82 Å². The van der Waals surface area contributed by atoms with Crippen LogP contribution in [0.15, 0.2) is 47.3 Å². The predicted molar refractivity (Wildman–Crippen MR) is 93.7 cm³/mol. The number of hydrogen-bond acceptors (Lipinski definition) is 3. The molecule has 2 aromatic carbocycles. The lowest BCUT2D eigenvalue weighted by atomic mass is 10.1. The van der Waals surface area contributed by atoms with Crippen molar-refractivity contribution in [3.05, 3.63) is 69.2 Å². The van der Waals surface area contributed by atoms with Crippen LogP contribution in [0.1, 0.15) is 22.6 Å². The van der Waals surface area contributed by atoms with Crippen molar-refractivity contribution in [3.63, 3.8) is 0 Å². The zero-order valence-corrected chi connectivity index (χ0v) is 13.5. The fraction of sp³-hybridized carbons (Fsp3) is 0.167. The second kappa shape index (κ2) is 5.76. The molecule has 0 saturated carbocycles. The number of hydrogen-bond donors (Lipinski definition) is 1. The monoisotopic (exact) mass is 339 g/mol. The van der Waals surface area contributed by atoms with Gasteiger partial charge in [-0.05, 0) is 42.8 Å². The van der Waals surface area contributed by atoms with Gasteiger partial charge in [0.05, 0.1) is 10.9 Å². The summed E-state index contributed by atoms with van der Waals surface area (Å²) in [4.78, 5) is 29.4. The Morgan fingerprint density at radius 3 is 2.92 bits per heavy atom. The maximum atomic E-state index is 12.4. The molecule has 24 heavy (non-hydrogen) atoms. The number of aryl methyl sites for hydroxylation is 1. The van der Waals surface area contributed by atoms with E-state index >= 15 is 0 Å². The fourth-order valence-corrected chi connectivity index (χ4v) is 3.18. The van der Waals surface area contributed by atoms with Crippen LogP contribution in [0.2, 0.25) is 5.02 Å². The number of halogens is 1. The number of anilines is 1. The number of nitrogens with zero attached hydrogens (tertiary/aromatic N) is 2. The van der Waals surface area contributed by atoms with E-state index in [4.69, 9.17) is 11.6 Å². The number of benzene rings is 2. The molecule has 2 heterocycles. The van der Waals surface area contributed by atoms with Crippen LogP contribution in [0.5, 0.6) is 0 Å². The molecule has 0 bridgehead atoms. The highest BCUT2D eigenvalue weighted by Crippen LogP contribution is 2.18. The van der Waals surface area contributed by atoms with Crippen LogP contribution in [0, 0.1) is 0 Å². The lowest BCUT2D eigenvalue weighted by molar-refractivity contribution is 0.102. The lowest BCUT2D eigenvalue weighted by Gasteiger charge is -2.08. The summed E-state index contributed by atoms with van der Waals surface area (Å²) in [5.74, 6) is 0.529. The molecule has 120 valence electrons. The van der Waals surface area contributed by atoms with E-state index in [0.717, 1.165) is 18.7 Å². The van der Waals surface area contributed by atoms with E-state index in [2.05, 4.69) is 10.3 Å². The van der Waals surface area contributed by atoms with E-state index in [1.165, 1.54) is 0 Å². The summed E-state index contributed by atoms with van der Waals surface area (Å²) in [5, 5.41) is 3.89. The Morgan fingerprint density at radius 1 is 1.21 bits per heavy atom. The standard InChI is InChI=1S/C18H14ClN3O2/c19-12-3-1-4-13(10-12)20-17(23)11-6-7-14-15(9-11)21-16-5-2-8-22(16)18(14)24/h1,3-4,6-7,9-10H,2,5,8H2,(H,20,23). The first-order chi connectivity index (χ1) is 11.6. The number of fused-ring (bicyclic) bond motifs is 2. The quantitative estimate of drug-likeness (QED) is 0.779. The normalized spacial score (nSPS) is 13.0. The Balaban J connectivity index is 1.71. The third-order valence-electron chi connectivity index (χ3n) is 4.16. The molecule has 0 spiro atoms. The first kappa shape index (κ1) is 14.9. The van der Waals surface area contributed by atoms with Crippen LogP contribution in [0.4, 0.5) is 5.69 Å². The van der Waals surface area contributed by atoms with E-state index in [1.54, 1.807) is 47.0 Å². The minimum absolute atomic E-state index is 0.0331. The van der Waals surface area contributed by atoms with Gasteiger partial charge in [0.25, 0.3) is 11.5 Å². The highest BCUT2D eigenvalue weighted by atomic mass is 35.5. The zero-order valence-electron chi connectivity index (χ0n) is 12.8. The highest BCUT2D eigenvalue weighted by molar-refractivity contribution is 6.31. The second-order valence-electron chi connectivity index (χ2n) is 5.78. The van der Waals surface area contributed by atoms with Crippen molar-refractivity contribution in [3.8, 4) is 0 Å². The number of carbonyl (C=O) groups excluding carboxylic acids is 1. The smallest absolute Gasteiger partial charge is 0.261 e. The molecule has 4 rings (SSSR count). The van der Waals surface area contributed by atoms with Gasteiger partial charge >= 0.3 is 0 Å². The summed E-state index contributed by atoms with van der Waals surface area (Å²) >= 11 is 5.93. The van der Waals surface area contributed by atoms with Gasteiger partial charge in [0.2, 0.25) is 0 Å². The average molecular weight is 340 g/mol. The Morgan fingerprint density at radius 2 is 2.08 bits per heavy atom. The average Bonchev–Trinajstić information content (AvgIpc) is 3.03. The molecule has 1 aliphatic heterocycles. The summed E-state index contributed by atoms with van der Waals surface area (Å²) in [6.07, 6.45) is 1.73. The van der Waals surface area contributed by atoms with Crippen molar-refractivity contribution in [2.45, 2.75) is 19.4 Å². The molecule has 1 N–H and O–H groups in total. The molecule has 6 heteroatoms. The van der Waals surface area contributed by atoms with Gasteiger partial charge in [0, 0.05) is 29.2 Å². The molecule has 5 nitrogen and oxygen atoms in total. The molecule has 0 saturated heterocycles. The summed E-state index contributed by atoms with van der Waals surface area (Å²) < 4.78 is 1.72. The predicted octanol–water partition coefficient (Wildman–Crippen LogP) is 3.25.